The van der Waals surface area contributed by atoms with Crippen molar-refractivity contribution in [1.29, 1.82) is 5.26 Å². The summed E-state index contributed by atoms with van der Waals surface area (Å²) in [5.41, 5.74) is -2.92. The number of nitrogens with one attached hydrogen (secondary N) is 1. The maximum Gasteiger partial charge on any atom is 0.469 e. The second kappa shape index (κ2) is 10.8. The Bertz CT molecular complexity index is 522. The van der Waals surface area contributed by atoms with Gasteiger partial charge >= 0.3 is 13.9 Å². The molecule has 1 atom stereocenters. The fraction of sp³-hybridized carbons (Fsp3) is 0.846. The summed E-state index contributed by atoms with van der Waals surface area (Å²) < 4.78 is 20.4. The predicted octanol–water partition coefficient (Wildman–Crippen LogP) is -0.0781. The highest BCUT2D eigenvalue weighted by Gasteiger charge is 2.39. The van der Waals surface area contributed by atoms with Crippen LogP contribution >= 0.6 is 7.82 Å². The molecule has 0 rings (SSSR count). The van der Waals surface area contributed by atoms with Crippen LogP contribution in [0.2, 0.25) is 0 Å². The van der Waals surface area contributed by atoms with Crippen molar-refractivity contribution in [3.8, 4) is 6.07 Å². The van der Waals surface area contributed by atoms with Crippen molar-refractivity contribution in [2.45, 2.75) is 51.0 Å². The topological polar surface area (TPSA) is 188 Å². The van der Waals surface area contributed by atoms with Crippen molar-refractivity contribution in [2.24, 2.45) is 0 Å². The summed E-state index contributed by atoms with van der Waals surface area (Å²) in [6, 6.07) is 1.78. The number of hydrogen-bond donors (Lipinski definition) is 5. The Labute approximate surface area is 150 Å². The number of aliphatic hydroxyl groups excluding tert-OH is 2. The van der Waals surface area contributed by atoms with Gasteiger partial charge in [-0.1, -0.05) is 0 Å². The molecular formula is C13H25N2O10P. The van der Waals surface area contributed by atoms with Crippen LogP contribution in [0, 0.1) is 11.3 Å². The number of nitriles is 1. The molecule has 0 saturated carbocycles. The number of carbonyl (C=O) groups is 1. The maximum absolute atomic E-state index is 12.0. The molecule has 0 spiro atoms. The van der Waals surface area contributed by atoms with Crippen molar-refractivity contribution in [1.82, 2.24) is 5.32 Å². The largest absolute Gasteiger partial charge is 0.469 e. The molecule has 0 aliphatic carbocycles. The minimum atomic E-state index is -4.95. The first kappa shape index (κ1) is 24.7. The molecule has 0 aromatic heterocycles. The third-order valence-electron chi connectivity index (χ3n) is 2.59. The minimum absolute atomic E-state index is 0.216. The lowest BCUT2D eigenvalue weighted by Crippen LogP contribution is -2.55. The number of carbonyl (C=O) groups excluding carboxylic acids is 1. The van der Waals surface area contributed by atoms with Crippen LogP contribution in [0.5, 0.6) is 0 Å². The summed E-state index contributed by atoms with van der Waals surface area (Å²) >= 11 is 0. The van der Waals surface area contributed by atoms with Gasteiger partial charge in [0.15, 0.2) is 0 Å². The highest BCUT2D eigenvalue weighted by molar-refractivity contribution is 7.46. The van der Waals surface area contributed by atoms with E-state index in [2.05, 4.69) is 9.84 Å². The van der Waals surface area contributed by atoms with E-state index >= 15 is 0 Å². The van der Waals surface area contributed by atoms with Crippen molar-refractivity contribution in [2.75, 3.05) is 19.8 Å². The van der Waals surface area contributed by atoms with E-state index in [1.807, 2.05) is 0 Å². The van der Waals surface area contributed by atoms with Gasteiger partial charge in [0, 0.05) is 12.8 Å². The number of nitrogens with zero attached hydrogens (tertiary/aromatic N) is 1. The van der Waals surface area contributed by atoms with E-state index in [1.54, 1.807) is 26.8 Å². The molecule has 5 N–H and O–H groups in total. The van der Waals surface area contributed by atoms with Crippen molar-refractivity contribution >= 4 is 13.9 Å². The normalized spacial score (nSPS) is 14.6. The number of alkyl carbamates (subject to hydrolysis) is 1. The molecule has 1 amide bonds. The first-order valence-corrected chi connectivity index (χ1v) is 9.04. The van der Waals surface area contributed by atoms with Crippen LogP contribution in [-0.2, 0) is 23.6 Å². The van der Waals surface area contributed by atoms with Crippen LogP contribution in [0.15, 0.2) is 0 Å². The van der Waals surface area contributed by atoms with Crippen LogP contribution in [-0.4, -0.2) is 63.3 Å². The quantitative estimate of drug-likeness (QED) is 0.135. The van der Waals surface area contributed by atoms with Gasteiger partial charge < -0.3 is 24.7 Å². The van der Waals surface area contributed by atoms with Crippen molar-refractivity contribution < 1.29 is 48.4 Å². The smallest absolute Gasteiger partial charge is 0.444 e. The van der Waals surface area contributed by atoms with Gasteiger partial charge in [0.25, 0.3) is 0 Å². The molecule has 26 heavy (non-hydrogen) atoms. The summed E-state index contributed by atoms with van der Waals surface area (Å²) in [7, 11) is -4.95. The first-order chi connectivity index (χ1) is 11.9. The Kier molecular flexibility index (Phi) is 10.2. The molecule has 12 nitrogen and oxygen atoms in total. The second-order valence-corrected chi connectivity index (χ2v) is 7.45. The van der Waals surface area contributed by atoms with Gasteiger partial charge in [0.2, 0.25) is 5.72 Å². The van der Waals surface area contributed by atoms with E-state index in [1.165, 1.54) is 0 Å². The summed E-state index contributed by atoms with van der Waals surface area (Å²) in [6.07, 6.45) is -2.75. The lowest BCUT2D eigenvalue weighted by Gasteiger charge is -2.34. The summed E-state index contributed by atoms with van der Waals surface area (Å²) in [5, 5.41) is 29.0. The summed E-state index contributed by atoms with van der Waals surface area (Å²) in [5.74, 6) is 0. The third-order valence-corrected chi connectivity index (χ3v) is 3.05. The first-order valence-electron chi connectivity index (χ1n) is 7.51. The van der Waals surface area contributed by atoms with E-state index < -0.39 is 51.2 Å². The van der Waals surface area contributed by atoms with E-state index in [9.17, 15) is 9.36 Å². The zero-order valence-electron chi connectivity index (χ0n) is 14.7. The Balaban J connectivity index is 5.44. The fourth-order valence-corrected chi connectivity index (χ4v) is 1.85. The number of hydrogen-bond acceptors (Lipinski definition) is 9. The van der Waals surface area contributed by atoms with E-state index in [0.717, 1.165) is 0 Å². The highest BCUT2D eigenvalue weighted by Crippen LogP contribution is 2.37. The molecule has 0 aromatic rings. The Morgan fingerprint density at radius 3 is 2.27 bits per heavy atom. The molecule has 0 fully saturated rings. The molecule has 0 bridgehead atoms. The maximum atomic E-state index is 12.0. The van der Waals surface area contributed by atoms with Gasteiger partial charge in [-0.05, 0) is 20.8 Å². The van der Waals surface area contributed by atoms with Crippen molar-refractivity contribution in [3.05, 3.63) is 0 Å². The lowest BCUT2D eigenvalue weighted by atomic mass is 10.1. The van der Waals surface area contributed by atoms with Crippen LogP contribution in [0.4, 0.5) is 4.79 Å². The van der Waals surface area contributed by atoms with Crippen LogP contribution < -0.4 is 5.32 Å². The predicted molar refractivity (Wildman–Crippen MR) is 85.1 cm³/mol. The minimum Gasteiger partial charge on any atom is -0.444 e. The molecule has 0 saturated heterocycles. The Hall–Kier alpha value is -1.29. The molecule has 0 heterocycles. The molecule has 0 aliphatic heterocycles. The monoisotopic (exact) mass is 400 g/mol. The number of rotatable bonds is 11. The molecular weight excluding hydrogens is 375 g/mol. The second-order valence-electron chi connectivity index (χ2n) is 6.21. The molecule has 13 heteroatoms. The average molecular weight is 400 g/mol. The fourth-order valence-electron chi connectivity index (χ4n) is 1.47. The molecule has 0 aliphatic rings. The molecule has 1 unspecified atom stereocenters. The third kappa shape index (κ3) is 11.3. The molecule has 152 valence electrons. The number of phosphoric ester groups is 1. The Morgan fingerprint density at radius 2 is 1.85 bits per heavy atom. The van der Waals surface area contributed by atoms with Gasteiger partial charge in [-0.15, -0.1) is 0 Å². The van der Waals surface area contributed by atoms with Gasteiger partial charge in [-0.25, -0.2) is 19.1 Å². The number of phosphoric acid groups is 1. The van der Waals surface area contributed by atoms with Gasteiger partial charge in [0.05, 0.1) is 19.3 Å². The number of aliphatic hydroxyl groups is 2. The van der Waals surface area contributed by atoms with E-state index in [0.29, 0.717) is 0 Å². The zero-order chi connectivity index (χ0) is 20.4. The van der Waals surface area contributed by atoms with E-state index in [4.69, 9.17) is 39.8 Å². The van der Waals surface area contributed by atoms with E-state index in [-0.39, 0.29) is 12.8 Å². The highest BCUT2D eigenvalue weighted by atomic mass is 31.2. The molecule has 0 radical (unpaired) electrons. The van der Waals surface area contributed by atoms with Crippen LogP contribution in [0.3, 0.4) is 0 Å². The summed E-state index contributed by atoms with van der Waals surface area (Å²) in [6.45, 7) is 2.57. The van der Waals surface area contributed by atoms with Crippen LogP contribution in [0.1, 0.15) is 33.6 Å². The number of amides is 1. The Morgan fingerprint density at radius 1 is 1.27 bits per heavy atom. The average Bonchev–Trinajstić information content (AvgIpc) is 2.49. The standard InChI is InChI=1S/C13H25N2O10P/c1-12(2,3)23-11(18)15-13(5-4-6-14,9-22-26(19,20)21)25-24-10(7-16)8-17/h10,16-17H,4-5,7-9H2,1-3H3,(H,15,18)(H2,19,20,21). The molecule has 0 aromatic carbocycles. The lowest BCUT2D eigenvalue weighted by molar-refractivity contribution is -0.400. The summed E-state index contributed by atoms with van der Waals surface area (Å²) in [4.78, 5) is 39.6. The zero-order valence-corrected chi connectivity index (χ0v) is 15.6. The van der Waals surface area contributed by atoms with Gasteiger partial charge in [-0.3, -0.25) is 9.84 Å². The van der Waals surface area contributed by atoms with Crippen molar-refractivity contribution in [3.63, 3.8) is 0 Å². The number of ether oxygens (including phenoxy) is 1. The van der Waals surface area contributed by atoms with Gasteiger partial charge in [0.1, 0.15) is 18.3 Å². The van der Waals surface area contributed by atoms with Gasteiger partial charge in [-0.2, -0.15) is 5.26 Å². The SMILES string of the molecule is CC(C)(C)OC(=O)NC(CCC#N)(COP(=O)(O)O)OOC(CO)CO. The van der Waals surface area contributed by atoms with Crippen LogP contribution in [0.25, 0.3) is 0 Å².